The molecule has 0 saturated carbocycles. The molecule has 2 nitrogen and oxygen atoms in total. The van der Waals surface area contributed by atoms with E-state index in [1.165, 1.54) is 84.0 Å². The molecule has 0 N–H and O–H groups in total. The van der Waals surface area contributed by atoms with Gasteiger partial charge in [-0.1, -0.05) is 48.5 Å². The molecule has 0 radical (unpaired) electrons. The van der Waals surface area contributed by atoms with E-state index >= 15 is 0 Å². The van der Waals surface area contributed by atoms with Gasteiger partial charge in [-0.2, -0.15) is 0 Å². The lowest BCUT2D eigenvalue weighted by Gasteiger charge is -2.39. The zero-order chi connectivity index (χ0) is 22.7. The molecule has 0 saturated heterocycles. The molecule has 2 aliphatic carbocycles. The summed E-state index contributed by atoms with van der Waals surface area (Å²) in [6, 6.07) is 29.9. The predicted molar refractivity (Wildman–Crippen MR) is 141 cm³/mol. The number of hydrogen-bond donors (Lipinski definition) is 0. The van der Waals surface area contributed by atoms with Crippen molar-refractivity contribution in [2.45, 2.75) is 25.7 Å². The average Bonchev–Trinajstić information content (AvgIpc) is 3.42. The van der Waals surface area contributed by atoms with Gasteiger partial charge in [-0.15, -0.1) is 0 Å². The molecule has 35 heavy (non-hydrogen) atoms. The van der Waals surface area contributed by atoms with E-state index in [-0.39, 0.29) is 0 Å². The number of hydrogen-bond acceptors (Lipinski definition) is 2. The molecular formula is C33H22N2. The van der Waals surface area contributed by atoms with E-state index in [1.54, 1.807) is 0 Å². The van der Waals surface area contributed by atoms with Gasteiger partial charge in [-0.3, -0.25) is 4.98 Å². The summed E-state index contributed by atoms with van der Waals surface area (Å²) in [6.45, 7) is 0. The zero-order valence-corrected chi connectivity index (χ0v) is 19.3. The summed E-state index contributed by atoms with van der Waals surface area (Å²) < 4.78 is 0. The Balaban J connectivity index is 1.25. The van der Waals surface area contributed by atoms with Crippen LogP contribution in [0.15, 0.2) is 85.1 Å². The van der Waals surface area contributed by atoms with Crippen LogP contribution in [0.1, 0.15) is 44.6 Å². The molecule has 0 bridgehead atoms. The Morgan fingerprint density at radius 1 is 0.486 bits per heavy atom. The van der Waals surface area contributed by atoms with Crippen molar-refractivity contribution in [1.82, 2.24) is 4.98 Å². The fourth-order valence-corrected chi connectivity index (χ4v) is 7.00. The first-order valence-corrected chi connectivity index (χ1v) is 12.6. The van der Waals surface area contributed by atoms with Gasteiger partial charge in [0.2, 0.25) is 0 Å². The summed E-state index contributed by atoms with van der Waals surface area (Å²) in [7, 11) is 0. The van der Waals surface area contributed by atoms with E-state index in [9.17, 15) is 0 Å². The van der Waals surface area contributed by atoms with Crippen molar-refractivity contribution in [3.05, 3.63) is 130 Å². The molecule has 2 heteroatoms. The zero-order valence-electron chi connectivity index (χ0n) is 19.3. The van der Waals surface area contributed by atoms with Gasteiger partial charge in [0.1, 0.15) is 0 Å². The van der Waals surface area contributed by atoms with Gasteiger partial charge in [0, 0.05) is 19.0 Å². The van der Waals surface area contributed by atoms with Crippen LogP contribution in [0.5, 0.6) is 0 Å². The Morgan fingerprint density at radius 2 is 1.20 bits per heavy atom. The summed E-state index contributed by atoms with van der Waals surface area (Å²) in [5.41, 5.74) is 20.9. The molecule has 3 heterocycles. The molecule has 0 fully saturated rings. The first-order valence-electron chi connectivity index (χ1n) is 12.6. The summed E-state index contributed by atoms with van der Waals surface area (Å²) in [5, 5.41) is 0. The van der Waals surface area contributed by atoms with Crippen LogP contribution in [0, 0.1) is 0 Å². The first-order chi connectivity index (χ1) is 17.3. The van der Waals surface area contributed by atoms with Crippen LogP contribution in [-0.4, -0.2) is 4.98 Å². The molecule has 5 aromatic rings. The predicted octanol–water partition coefficient (Wildman–Crippen LogP) is 7.50. The SMILES string of the molecule is c1ccc2c(c1)Cc1cc3c(cc1-2)-c1cc2c(cc1C3)N1c3cccnc3Cc3cccc(c31)C2. The molecule has 0 spiro atoms. The molecule has 4 aliphatic rings. The maximum Gasteiger partial charge on any atom is 0.0688 e. The van der Waals surface area contributed by atoms with Crippen LogP contribution in [-0.2, 0) is 25.7 Å². The number of nitrogens with zero attached hydrogens (tertiary/aromatic N) is 2. The third kappa shape index (κ3) is 2.32. The minimum absolute atomic E-state index is 0.911. The number of rotatable bonds is 0. The van der Waals surface area contributed by atoms with Crippen LogP contribution >= 0.6 is 0 Å². The molecule has 0 amide bonds. The highest BCUT2D eigenvalue weighted by atomic mass is 15.2. The number of aromatic nitrogens is 1. The normalized spacial score (nSPS) is 14.9. The van der Waals surface area contributed by atoms with Crippen molar-refractivity contribution in [3.8, 4) is 22.3 Å². The highest BCUT2D eigenvalue weighted by Gasteiger charge is 2.34. The van der Waals surface area contributed by atoms with E-state index in [1.807, 2.05) is 6.20 Å². The molecule has 0 unspecified atom stereocenters. The van der Waals surface area contributed by atoms with Crippen molar-refractivity contribution in [3.63, 3.8) is 0 Å². The Morgan fingerprint density at radius 3 is 2.14 bits per heavy atom. The standard InChI is InChI=1S/C33H22N2/c1-2-8-26-19(5-1)11-22-13-23-14-24-17-32-25(15-27(24)29(23)18-28(22)26)12-20-6-3-7-21-16-30-31(9-4-10-34-30)35(32)33(20)21/h1-10,13,15,17-18H,11-12,14,16H2. The quantitative estimate of drug-likeness (QED) is 0.240. The van der Waals surface area contributed by atoms with Gasteiger partial charge in [-0.25, -0.2) is 0 Å². The first kappa shape index (κ1) is 18.2. The van der Waals surface area contributed by atoms with Gasteiger partial charge < -0.3 is 4.90 Å². The second-order valence-corrected chi connectivity index (χ2v) is 10.4. The molecular weight excluding hydrogens is 424 g/mol. The third-order valence-corrected chi connectivity index (χ3v) is 8.51. The molecule has 1 aromatic heterocycles. The summed E-state index contributed by atoms with van der Waals surface area (Å²) >= 11 is 0. The maximum atomic E-state index is 4.76. The lowest BCUT2D eigenvalue weighted by atomic mass is 9.86. The Hall–Kier alpha value is -4.17. The molecule has 4 aromatic carbocycles. The fourth-order valence-electron chi connectivity index (χ4n) is 7.00. The van der Waals surface area contributed by atoms with E-state index < -0.39 is 0 Å². The van der Waals surface area contributed by atoms with Crippen molar-refractivity contribution >= 4 is 17.1 Å². The highest BCUT2D eigenvalue weighted by molar-refractivity contribution is 5.93. The van der Waals surface area contributed by atoms with Crippen molar-refractivity contribution in [2.75, 3.05) is 4.90 Å². The lowest BCUT2D eigenvalue weighted by molar-refractivity contribution is 0.970. The number of benzene rings is 4. The fraction of sp³-hybridized carbons (Fsp3) is 0.121. The van der Waals surface area contributed by atoms with Crippen molar-refractivity contribution in [2.24, 2.45) is 0 Å². The second kappa shape index (κ2) is 6.28. The maximum absolute atomic E-state index is 4.76. The van der Waals surface area contributed by atoms with Crippen LogP contribution in [0.3, 0.4) is 0 Å². The van der Waals surface area contributed by atoms with Gasteiger partial charge in [0.05, 0.1) is 22.8 Å². The van der Waals surface area contributed by atoms with Crippen LogP contribution < -0.4 is 4.90 Å². The third-order valence-electron chi connectivity index (χ3n) is 8.51. The smallest absolute Gasteiger partial charge is 0.0688 e. The van der Waals surface area contributed by atoms with E-state index in [0.29, 0.717) is 0 Å². The number of fused-ring (bicyclic) bond motifs is 10. The van der Waals surface area contributed by atoms with E-state index in [4.69, 9.17) is 4.98 Å². The van der Waals surface area contributed by atoms with Crippen molar-refractivity contribution in [1.29, 1.82) is 0 Å². The minimum Gasteiger partial charge on any atom is -0.308 e. The summed E-state index contributed by atoms with van der Waals surface area (Å²) in [6.07, 6.45) is 5.90. The molecule has 0 atom stereocenters. The van der Waals surface area contributed by atoms with Crippen LogP contribution in [0.4, 0.5) is 17.1 Å². The molecule has 2 aliphatic heterocycles. The van der Waals surface area contributed by atoms with Crippen molar-refractivity contribution < 1.29 is 0 Å². The number of anilines is 3. The molecule has 9 rings (SSSR count). The monoisotopic (exact) mass is 446 g/mol. The average molecular weight is 447 g/mol. The molecule has 164 valence electrons. The van der Waals surface area contributed by atoms with E-state index in [0.717, 1.165) is 25.7 Å². The summed E-state index contributed by atoms with van der Waals surface area (Å²) in [4.78, 5) is 7.25. The Bertz CT molecular complexity index is 1760. The lowest BCUT2D eigenvalue weighted by Crippen LogP contribution is -2.25. The van der Waals surface area contributed by atoms with Gasteiger partial charge in [-0.05, 0) is 104 Å². The Labute approximate surface area is 204 Å². The van der Waals surface area contributed by atoms with E-state index in [2.05, 4.69) is 83.8 Å². The summed E-state index contributed by atoms with van der Waals surface area (Å²) in [5.74, 6) is 0. The second-order valence-electron chi connectivity index (χ2n) is 10.4. The Kier molecular flexibility index (Phi) is 3.27. The minimum atomic E-state index is 0.911. The number of para-hydroxylation sites is 1. The largest absolute Gasteiger partial charge is 0.308 e. The topological polar surface area (TPSA) is 16.1 Å². The highest BCUT2D eigenvalue weighted by Crippen LogP contribution is 2.53. The van der Waals surface area contributed by atoms with Crippen LogP contribution in [0.2, 0.25) is 0 Å². The van der Waals surface area contributed by atoms with Gasteiger partial charge in [0.25, 0.3) is 0 Å². The number of pyridine rings is 1. The van der Waals surface area contributed by atoms with Gasteiger partial charge >= 0.3 is 0 Å². The van der Waals surface area contributed by atoms with Crippen LogP contribution in [0.25, 0.3) is 22.3 Å². The van der Waals surface area contributed by atoms with Gasteiger partial charge in [0.15, 0.2) is 0 Å².